The van der Waals surface area contributed by atoms with Crippen LogP contribution in [0.3, 0.4) is 0 Å². The van der Waals surface area contributed by atoms with Crippen LogP contribution in [-0.2, 0) is 6.54 Å². The molecule has 0 saturated heterocycles. The fourth-order valence-electron chi connectivity index (χ4n) is 3.12. The predicted molar refractivity (Wildman–Crippen MR) is 106 cm³/mol. The topological polar surface area (TPSA) is 94.3 Å². The molecule has 1 aliphatic carbocycles. The molecule has 0 aliphatic heterocycles. The van der Waals surface area contributed by atoms with Crippen molar-refractivity contribution < 1.29 is 4.39 Å². The molecular weight excluding hydrogens is 381 g/mol. The van der Waals surface area contributed by atoms with Crippen molar-refractivity contribution in [1.29, 1.82) is 0 Å². The molecule has 0 amide bonds. The third-order valence-electron chi connectivity index (χ3n) is 4.79. The van der Waals surface area contributed by atoms with Gasteiger partial charge in [-0.1, -0.05) is 17.7 Å². The molecule has 0 atom stereocenters. The van der Waals surface area contributed by atoms with Crippen molar-refractivity contribution in [2.45, 2.75) is 25.3 Å². The average Bonchev–Trinajstić information content (AvgIpc) is 3.24. The molecule has 0 bridgehead atoms. The Balaban J connectivity index is 1.32. The molecule has 28 heavy (non-hydrogen) atoms. The van der Waals surface area contributed by atoms with E-state index in [1.54, 1.807) is 0 Å². The molecule has 3 heterocycles. The fourth-order valence-corrected chi connectivity index (χ4v) is 3.41. The number of nitrogens with one attached hydrogen (secondary N) is 4. The summed E-state index contributed by atoms with van der Waals surface area (Å²) < 4.78 is 14.1. The van der Waals surface area contributed by atoms with Crippen LogP contribution in [0.2, 0.25) is 5.02 Å². The number of rotatable bonds is 6. The van der Waals surface area contributed by atoms with Crippen LogP contribution in [0.15, 0.2) is 36.7 Å². The van der Waals surface area contributed by atoms with Crippen LogP contribution in [0.25, 0.3) is 10.9 Å². The lowest BCUT2D eigenvalue weighted by Crippen LogP contribution is -2.07. The van der Waals surface area contributed by atoms with Gasteiger partial charge in [-0.05, 0) is 30.5 Å². The Morgan fingerprint density at radius 1 is 1.25 bits per heavy atom. The molecule has 3 aromatic heterocycles. The molecule has 1 fully saturated rings. The van der Waals surface area contributed by atoms with E-state index in [9.17, 15) is 4.39 Å². The SMILES string of the molecule is Fc1cnc(NCc2ccc3[nH]ccc3c2Cl)nc1Nc1cc(C2CC2)[nH]n1. The number of anilines is 3. The molecule has 1 aromatic carbocycles. The molecule has 142 valence electrons. The number of fused-ring (bicyclic) bond motifs is 1. The highest BCUT2D eigenvalue weighted by atomic mass is 35.5. The molecule has 4 aromatic rings. The normalized spacial score (nSPS) is 13.8. The van der Waals surface area contributed by atoms with Crippen LogP contribution >= 0.6 is 11.6 Å². The number of benzene rings is 1. The number of hydrogen-bond acceptors (Lipinski definition) is 5. The van der Waals surface area contributed by atoms with Crippen molar-refractivity contribution in [3.05, 3.63) is 58.8 Å². The van der Waals surface area contributed by atoms with E-state index in [1.807, 2.05) is 30.5 Å². The first-order chi connectivity index (χ1) is 13.7. The van der Waals surface area contributed by atoms with E-state index in [0.717, 1.165) is 41.2 Å². The van der Waals surface area contributed by atoms with Gasteiger partial charge in [0.05, 0.1) is 11.2 Å². The van der Waals surface area contributed by atoms with Crippen molar-refractivity contribution in [1.82, 2.24) is 25.1 Å². The summed E-state index contributed by atoms with van der Waals surface area (Å²) in [4.78, 5) is 11.4. The first-order valence-electron chi connectivity index (χ1n) is 9.00. The molecule has 7 nitrogen and oxygen atoms in total. The summed E-state index contributed by atoms with van der Waals surface area (Å²) in [6.45, 7) is 0.416. The summed E-state index contributed by atoms with van der Waals surface area (Å²) in [7, 11) is 0. The monoisotopic (exact) mass is 397 g/mol. The Labute approximate surface area is 164 Å². The lowest BCUT2D eigenvalue weighted by molar-refractivity contribution is 0.619. The summed E-state index contributed by atoms with van der Waals surface area (Å²) in [5.41, 5.74) is 2.94. The van der Waals surface area contributed by atoms with E-state index in [0.29, 0.717) is 29.3 Å². The first kappa shape index (κ1) is 17.0. The zero-order valence-corrected chi connectivity index (χ0v) is 15.5. The van der Waals surface area contributed by atoms with Crippen LogP contribution in [0.4, 0.5) is 22.0 Å². The van der Waals surface area contributed by atoms with E-state index < -0.39 is 5.82 Å². The molecule has 0 radical (unpaired) electrons. The summed E-state index contributed by atoms with van der Waals surface area (Å²) in [6, 6.07) is 7.71. The Morgan fingerprint density at radius 2 is 2.14 bits per heavy atom. The largest absolute Gasteiger partial charge is 0.361 e. The van der Waals surface area contributed by atoms with Crippen LogP contribution in [0.1, 0.15) is 30.0 Å². The highest BCUT2D eigenvalue weighted by Crippen LogP contribution is 2.39. The maximum atomic E-state index is 14.1. The lowest BCUT2D eigenvalue weighted by Gasteiger charge is -2.09. The van der Waals surface area contributed by atoms with Crippen molar-refractivity contribution >= 4 is 40.1 Å². The third-order valence-corrected chi connectivity index (χ3v) is 5.24. The van der Waals surface area contributed by atoms with Gasteiger partial charge in [-0.3, -0.25) is 5.10 Å². The minimum Gasteiger partial charge on any atom is -0.361 e. The molecule has 4 N–H and O–H groups in total. The average molecular weight is 398 g/mol. The number of aromatic nitrogens is 5. The van der Waals surface area contributed by atoms with Gasteiger partial charge in [0, 0.05) is 41.3 Å². The van der Waals surface area contributed by atoms with Gasteiger partial charge in [0.25, 0.3) is 0 Å². The minimum absolute atomic E-state index is 0.0681. The zero-order valence-electron chi connectivity index (χ0n) is 14.8. The van der Waals surface area contributed by atoms with Crippen molar-refractivity contribution in [2.75, 3.05) is 10.6 Å². The van der Waals surface area contributed by atoms with Crippen molar-refractivity contribution in [3.63, 3.8) is 0 Å². The van der Waals surface area contributed by atoms with Crippen LogP contribution < -0.4 is 10.6 Å². The number of nitrogens with zero attached hydrogens (tertiary/aromatic N) is 3. The highest BCUT2D eigenvalue weighted by molar-refractivity contribution is 6.36. The van der Waals surface area contributed by atoms with E-state index in [1.165, 1.54) is 0 Å². The van der Waals surface area contributed by atoms with Crippen LogP contribution in [0.5, 0.6) is 0 Å². The first-order valence-corrected chi connectivity index (χ1v) is 9.38. The maximum absolute atomic E-state index is 14.1. The van der Waals surface area contributed by atoms with E-state index in [4.69, 9.17) is 11.6 Å². The second-order valence-electron chi connectivity index (χ2n) is 6.83. The fraction of sp³-hybridized carbons (Fsp3) is 0.211. The highest BCUT2D eigenvalue weighted by Gasteiger charge is 2.25. The quantitative estimate of drug-likeness (QED) is 0.378. The number of H-pyrrole nitrogens is 2. The Bertz CT molecular complexity index is 1150. The van der Waals surface area contributed by atoms with Crippen LogP contribution in [-0.4, -0.2) is 25.1 Å². The van der Waals surface area contributed by atoms with Crippen molar-refractivity contribution in [3.8, 4) is 0 Å². The number of hydrogen-bond donors (Lipinski definition) is 4. The van der Waals surface area contributed by atoms with Gasteiger partial charge in [0.15, 0.2) is 17.5 Å². The summed E-state index contributed by atoms with van der Waals surface area (Å²) in [5.74, 6) is 0.892. The third kappa shape index (κ3) is 3.27. The summed E-state index contributed by atoms with van der Waals surface area (Å²) in [6.07, 6.45) is 5.30. The van der Waals surface area contributed by atoms with Gasteiger partial charge < -0.3 is 15.6 Å². The maximum Gasteiger partial charge on any atom is 0.225 e. The minimum atomic E-state index is -0.548. The van der Waals surface area contributed by atoms with Gasteiger partial charge >= 0.3 is 0 Å². The molecule has 1 saturated carbocycles. The Kier molecular flexibility index (Phi) is 4.12. The van der Waals surface area contributed by atoms with Gasteiger partial charge in [-0.2, -0.15) is 10.1 Å². The van der Waals surface area contributed by atoms with Crippen molar-refractivity contribution in [2.24, 2.45) is 0 Å². The van der Waals surface area contributed by atoms with Gasteiger partial charge in [-0.25, -0.2) is 9.37 Å². The molecule has 0 unspecified atom stereocenters. The molecular formula is C19H17ClFN7. The second-order valence-corrected chi connectivity index (χ2v) is 7.21. The van der Waals surface area contributed by atoms with E-state index in [-0.39, 0.29) is 5.82 Å². The number of aromatic amines is 2. The molecule has 9 heteroatoms. The Hall–Kier alpha value is -3.13. The van der Waals surface area contributed by atoms with Gasteiger partial charge in [-0.15, -0.1) is 0 Å². The zero-order chi connectivity index (χ0) is 19.1. The van der Waals surface area contributed by atoms with Gasteiger partial charge in [0.1, 0.15) is 0 Å². The predicted octanol–water partition coefficient (Wildman–Crippen LogP) is 4.71. The standard InChI is InChI=1S/C19H17ClFN7/c20-17-11(3-4-14-12(17)5-6-22-14)8-23-19-24-9-13(21)18(26-19)25-16-7-15(27-28-16)10-1-2-10/h3-7,9-10,22H,1-2,8H2,(H3,23,24,25,26,27,28). The van der Waals surface area contributed by atoms with E-state index in [2.05, 4.69) is 35.8 Å². The lowest BCUT2D eigenvalue weighted by atomic mass is 10.1. The second kappa shape index (κ2) is 6.79. The molecule has 1 aliphatic rings. The summed E-state index contributed by atoms with van der Waals surface area (Å²) in [5, 5.41) is 14.8. The van der Waals surface area contributed by atoms with E-state index >= 15 is 0 Å². The van der Waals surface area contributed by atoms with Gasteiger partial charge in [0.2, 0.25) is 5.95 Å². The summed E-state index contributed by atoms with van der Waals surface area (Å²) >= 11 is 6.46. The number of halogens is 2. The Morgan fingerprint density at radius 3 is 3.00 bits per heavy atom. The molecule has 0 spiro atoms. The molecule has 5 rings (SSSR count). The smallest absolute Gasteiger partial charge is 0.225 e. The van der Waals surface area contributed by atoms with Crippen LogP contribution in [0, 0.1) is 5.82 Å².